The molecule has 60 valence electrons. The molecule has 0 saturated carbocycles. The third kappa shape index (κ3) is 0.676. The average Bonchev–Trinajstić information content (AvgIpc) is 2.52. The lowest BCUT2D eigenvalue weighted by molar-refractivity contribution is 0.680. The topological polar surface area (TPSA) is 16.4 Å². The van der Waals surface area contributed by atoms with Gasteiger partial charge >= 0.3 is 0 Å². The van der Waals surface area contributed by atoms with Crippen molar-refractivity contribution in [1.82, 2.24) is 9.72 Å². The molecule has 2 aromatic rings. The maximum atomic E-state index is 3.37. The summed E-state index contributed by atoms with van der Waals surface area (Å²) >= 11 is 0. The van der Waals surface area contributed by atoms with Crippen LogP contribution < -0.4 is 5.32 Å². The SMILES string of the molecule is c1cc2c3c(ccn3c1)CNC2. The fourth-order valence-corrected chi connectivity index (χ4v) is 1.93. The van der Waals surface area contributed by atoms with Crippen LogP contribution >= 0.6 is 0 Å². The van der Waals surface area contributed by atoms with Crippen LogP contribution in [0.4, 0.5) is 0 Å². The molecule has 2 aromatic heterocycles. The number of aromatic nitrogens is 1. The van der Waals surface area contributed by atoms with Gasteiger partial charge in [0.2, 0.25) is 0 Å². The smallest absolute Gasteiger partial charge is 0.0539 e. The van der Waals surface area contributed by atoms with Crippen LogP contribution in [0.5, 0.6) is 0 Å². The minimum Gasteiger partial charge on any atom is -0.323 e. The van der Waals surface area contributed by atoms with Crippen molar-refractivity contribution in [1.29, 1.82) is 0 Å². The third-order valence-electron chi connectivity index (χ3n) is 2.48. The van der Waals surface area contributed by atoms with E-state index in [2.05, 4.69) is 40.3 Å². The normalized spacial score (nSPS) is 15.3. The second kappa shape index (κ2) is 2.11. The van der Waals surface area contributed by atoms with Gasteiger partial charge < -0.3 is 9.72 Å². The van der Waals surface area contributed by atoms with E-state index in [0.717, 1.165) is 13.1 Å². The van der Waals surface area contributed by atoms with Crippen LogP contribution in [0.3, 0.4) is 0 Å². The number of nitrogens with one attached hydrogen (secondary N) is 1. The molecule has 1 N–H and O–H groups in total. The summed E-state index contributed by atoms with van der Waals surface area (Å²) in [6, 6.07) is 6.47. The molecular weight excluding hydrogens is 148 g/mol. The maximum Gasteiger partial charge on any atom is 0.0539 e. The zero-order valence-corrected chi connectivity index (χ0v) is 6.75. The Balaban J connectivity index is 2.50. The zero-order chi connectivity index (χ0) is 7.97. The van der Waals surface area contributed by atoms with E-state index in [1.54, 1.807) is 0 Å². The summed E-state index contributed by atoms with van der Waals surface area (Å²) in [6.07, 6.45) is 4.23. The van der Waals surface area contributed by atoms with Crippen LogP contribution in [0.25, 0.3) is 5.52 Å². The van der Waals surface area contributed by atoms with Crippen molar-refractivity contribution in [2.24, 2.45) is 0 Å². The van der Waals surface area contributed by atoms with Gasteiger partial charge in [-0.15, -0.1) is 0 Å². The number of nitrogens with zero attached hydrogens (tertiary/aromatic N) is 1. The predicted molar refractivity (Wildman–Crippen MR) is 47.9 cm³/mol. The Morgan fingerprint density at radius 3 is 2.83 bits per heavy atom. The van der Waals surface area contributed by atoms with Gasteiger partial charge in [-0.2, -0.15) is 0 Å². The third-order valence-corrected chi connectivity index (χ3v) is 2.48. The molecule has 12 heavy (non-hydrogen) atoms. The number of hydrogen-bond donors (Lipinski definition) is 1. The van der Waals surface area contributed by atoms with E-state index < -0.39 is 0 Å². The van der Waals surface area contributed by atoms with E-state index in [0.29, 0.717) is 0 Å². The lowest BCUT2D eigenvalue weighted by atomic mass is 10.1. The highest BCUT2D eigenvalue weighted by atomic mass is 14.9. The first-order valence-corrected chi connectivity index (χ1v) is 4.23. The van der Waals surface area contributed by atoms with E-state index in [-0.39, 0.29) is 0 Å². The monoisotopic (exact) mass is 158 g/mol. The standard InChI is InChI=1S/C10H10N2/c1-2-8-6-11-7-9-3-5-12(4-1)10(8)9/h1-5,11H,6-7H2. The first-order valence-electron chi connectivity index (χ1n) is 4.23. The van der Waals surface area contributed by atoms with Crippen LogP contribution in [0.1, 0.15) is 11.1 Å². The van der Waals surface area contributed by atoms with E-state index in [4.69, 9.17) is 0 Å². The number of rotatable bonds is 0. The number of pyridine rings is 1. The molecule has 1 aliphatic rings. The largest absolute Gasteiger partial charge is 0.323 e. The minimum atomic E-state index is 1.00. The van der Waals surface area contributed by atoms with Crippen molar-refractivity contribution >= 4 is 5.52 Å². The number of hydrogen-bond acceptors (Lipinski definition) is 1. The van der Waals surface area contributed by atoms with Crippen LogP contribution in [0.2, 0.25) is 0 Å². The molecule has 0 unspecified atom stereocenters. The van der Waals surface area contributed by atoms with Crippen molar-refractivity contribution in [3.05, 3.63) is 41.7 Å². The molecule has 0 amide bonds. The molecule has 2 nitrogen and oxygen atoms in total. The first kappa shape index (κ1) is 6.26. The van der Waals surface area contributed by atoms with Gasteiger partial charge in [-0.05, 0) is 23.3 Å². The fourth-order valence-electron chi connectivity index (χ4n) is 1.93. The van der Waals surface area contributed by atoms with Gasteiger partial charge in [0.1, 0.15) is 0 Å². The average molecular weight is 158 g/mol. The van der Waals surface area contributed by atoms with Crippen LogP contribution in [0, 0.1) is 0 Å². The summed E-state index contributed by atoms with van der Waals surface area (Å²) < 4.78 is 2.20. The maximum absolute atomic E-state index is 3.37. The molecule has 0 spiro atoms. The van der Waals surface area contributed by atoms with Gasteiger partial charge in [0.25, 0.3) is 0 Å². The van der Waals surface area contributed by atoms with E-state index in [9.17, 15) is 0 Å². The predicted octanol–water partition coefficient (Wildman–Crippen LogP) is 1.54. The summed E-state index contributed by atoms with van der Waals surface area (Å²) in [6.45, 7) is 2.01. The molecule has 0 radical (unpaired) electrons. The van der Waals surface area contributed by atoms with Gasteiger partial charge in [0, 0.05) is 25.5 Å². The van der Waals surface area contributed by atoms with Gasteiger partial charge in [-0.1, -0.05) is 6.07 Å². The van der Waals surface area contributed by atoms with Crippen LogP contribution in [-0.4, -0.2) is 4.40 Å². The molecular formula is C10H10N2. The highest BCUT2D eigenvalue weighted by Gasteiger charge is 2.10. The second-order valence-corrected chi connectivity index (χ2v) is 3.23. The summed E-state index contributed by atoms with van der Waals surface area (Å²) in [7, 11) is 0. The minimum absolute atomic E-state index is 1.00. The van der Waals surface area contributed by atoms with Gasteiger partial charge in [0.05, 0.1) is 5.52 Å². The molecule has 0 bridgehead atoms. The van der Waals surface area contributed by atoms with Crippen molar-refractivity contribution < 1.29 is 0 Å². The Morgan fingerprint density at radius 2 is 1.92 bits per heavy atom. The molecule has 0 saturated heterocycles. The van der Waals surface area contributed by atoms with Crippen molar-refractivity contribution in [2.75, 3.05) is 0 Å². The molecule has 0 atom stereocenters. The second-order valence-electron chi connectivity index (χ2n) is 3.23. The summed E-state index contributed by atoms with van der Waals surface area (Å²) in [4.78, 5) is 0. The van der Waals surface area contributed by atoms with Crippen LogP contribution in [0.15, 0.2) is 30.6 Å². The fraction of sp³-hybridized carbons (Fsp3) is 0.200. The summed E-state index contributed by atoms with van der Waals surface area (Å²) in [5, 5.41) is 3.37. The van der Waals surface area contributed by atoms with Crippen molar-refractivity contribution in [3.8, 4) is 0 Å². The molecule has 3 rings (SSSR count). The highest BCUT2D eigenvalue weighted by molar-refractivity contribution is 5.63. The Labute approximate surface area is 70.8 Å². The van der Waals surface area contributed by atoms with E-state index >= 15 is 0 Å². The molecule has 0 aromatic carbocycles. The van der Waals surface area contributed by atoms with Crippen molar-refractivity contribution in [2.45, 2.75) is 13.1 Å². The van der Waals surface area contributed by atoms with Crippen molar-refractivity contribution in [3.63, 3.8) is 0 Å². The molecule has 1 aliphatic heterocycles. The summed E-state index contributed by atoms with van der Waals surface area (Å²) in [5.41, 5.74) is 4.22. The Kier molecular flexibility index (Phi) is 1.10. The van der Waals surface area contributed by atoms with Crippen LogP contribution in [-0.2, 0) is 13.1 Å². The highest BCUT2D eigenvalue weighted by Crippen LogP contribution is 2.20. The van der Waals surface area contributed by atoms with Gasteiger partial charge in [0.15, 0.2) is 0 Å². The molecule has 2 heteroatoms. The van der Waals surface area contributed by atoms with Gasteiger partial charge in [-0.3, -0.25) is 0 Å². The molecule has 0 fully saturated rings. The Bertz CT molecular complexity index is 428. The molecule has 0 aliphatic carbocycles. The van der Waals surface area contributed by atoms with Gasteiger partial charge in [-0.25, -0.2) is 0 Å². The Hall–Kier alpha value is -1.28. The first-order chi connectivity index (χ1) is 5.95. The lowest BCUT2D eigenvalue weighted by Crippen LogP contribution is -2.17. The van der Waals surface area contributed by atoms with E-state index in [1.165, 1.54) is 16.6 Å². The zero-order valence-electron chi connectivity index (χ0n) is 6.75. The molecule has 3 heterocycles. The summed E-state index contributed by atoms with van der Waals surface area (Å²) in [5.74, 6) is 0. The van der Waals surface area contributed by atoms with E-state index in [1.807, 2.05) is 0 Å². The lowest BCUT2D eigenvalue weighted by Gasteiger charge is -2.13. The quantitative estimate of drug-likeness (QED) is 0.615. The Morgan fingerprint density at radius 1 is 1.08 bits per heavy atom.